The molecule has 2 aliphatic rings. The van der Waals surface area contributed by atoms with Crippen LogP contribution < -0.4 is 0 Å². The van der Waals surface area contributed by atoms with Gasteiger partial charge in [-0.1, -0.05) is 20.8 Å². The van der Waals surface area contributed by atoms with Gasteiger partial charge in [-0.25, -0.2) is 0 Å². The van der Waals surface area contributed by atoms with Crippen LogP contribution in [-0.2, 0) is 0 Å². The molecule has 0 aliphatic heterocycles. The monoisotopic (exact) mass is 172 g/mol. The average molecular weight is 172 g/mol. The Kier molecular flexibility index (Phi) is 2.50. The molecule has 0 heterocycles. The minimum Gasteiger partial charge on any atom is -0.255 e. The minimum atomic E-state index is 0.660. The van der Waals surface area contributed by atoms with Crippen molar-refractivity contribution in [2.45, 2.75) is 46.5 Å². The SMILES string of the molecule is CC12CCC(CC1)C2(C)C.OO. The fourth-order valence-corrected chi connectivity index (χ4v) is 3.11. The molecule has 0 spiro atoms. The van der Waals surface area contributed by atoms with Crippen molar-refractivity contribution < 1.29 is 10.5 Å². The Hall–Kier alpha value is -0.0800. The molecule has 2 bridgehead atoms. The lowest BCUT2D eigenvalue weighted by molar-refractivity contribution is -0.176. The summed E-state index contributed by atoms with van der Waals surface area (Å²) < 4.78 is 0. The molecule has 2 fully saturated rings. The van der Waals surface area contributed by atoms with Gasteiger partial charge in [0.05, 0.1) is 0 Å². The Morgan fingerprint density at radius 2 is 1.42 bits per heavy atom. The topological polar surface area (TPSA) is 40.5 Å². The van der Waals surface area contributed by atoms with Gasteiger partial charge in [0.25, 0.3) is 0 Å². The van der Waals surface area contributed by atoms with Crippen LogP contribution in [0.1, 0.15) is 46.5 Å². The van der Waals surface area contributed by atoms with Crippen molar-refractivity contribution >= 4 is 0 Å². The van der Waals surface area contributed by atoms with Crippen molar-refractivity contribution in [2.24, 2.45) is 16.7 Å². The second-order valence-electron chi connectivity index (χ2n) is 5.06. The average Bonchev–Trinajstić information content (AvgIpc) is 2.40. The highest BCUT2D eigenvalue weighted by atomic mass is 17.0. The lowest BCUT2D eigenvalue weighted by atomic mass is 9.71. The molecule has 0 unspecified atom stereocenters. The molecule has 2 rings (SSSR count). The van der Waals surface area contributed by atoms with Crippen LogP contribution in [0.4, 0.5) is 0 Å². The molecule has 2 N–H and O–H groups in total. The van der Waals surface area contributed by atoms with E-state index in [-0.39, 0.29) is 0 Å². The highest BCUT2D eigenvalue weighted by Gasteiger charge is 2.55. The Morgan fingerprint density at radius 1 is 1.00 bits per heavy atom. The highest BCUT2D eigenvalue weighted by Crippen LogP contribution is 2.65. The summed E-state index contributed by atoms with van der Waals surface area (Å²) in [5.41, 5.74) is 1.37. The second-order valence-corrected chi connectivity index (χ2v) is 5.06. The molecular formula is C10H20O2. The largest absolute Gasteiger partial charge is 0.255 e. The van der Waals surface area contributed by atoms with E-state index in [2.05, 4.69) is 20.8 Å². The lowest BCUT2D eigenvalue weighted by Gasteiger charge is -2.34. The molecule has 2 nitrogen and oxygen atoms in total. The van der Waals surface area contributed by atoms with Crippen molar-refractivity contribution in [3.63, 3.8) is 0 Å². The van der Waals surface area contributed by atoms with Crippen molar-refractivity contribution in [3.05, 3.63) is 0 Å². The van der Waals surface area contributed by atoms with Crippen LogP contribution in [-0.4, -0.2) is 10.5 Å². The first-order chi connectivity index (χ1) is 5.56. The van der Waals surface area contributed by atoms with E-state index in [1.54, 1.807) is 0 Å². The van der Waals surface area contributed by atoms with E-state index in [1.165, 1.54) is 25.7 Å². The summed E-state index contributed by atoms with van der Waals surface area (Å²) in [5, 5.41) is 12.0. The van der Waals surface area contributed by atoms with E-state index >= 15 is 0 Å². The summed E-state index contributed by atoms with van der Waals surface area (Å²) in [4.78, 5) is 0. The molecular weight excluding hydrogens is 152 g/mol. The third kappa shape index (κ3) is 1.09. The standard InChI is InChI=1S/C10H18.H2O2/c1-9(2)8-4-6-10(9,3)7-5-8;1-2/h8H,4-7H2,1-3H3;1-2H. The van der Waals surface area contributed by atoms with E-state index in [9.17, 15) is 0 Å². The summed E-state index contributed by atoms with van der Waals surface area (Å²) in [7, 11) is 0. The zero-order chi connectivity index (χ0) is 9.41. The number of rotatable bonds is 0. The van der Waals surface area contributed by atoms with Gasteiger partial charge in [-0.15, -0.1) is 0 Å². The molecule has 0 aromatic rings. The quantitative estimate of drug-likeness (QED) is 0.435. The van der Waals surface area contributed by atoms with Crippen molar-refractivity contribution in [1.29, 1.82) is 0 Å². The summed E-state index contributed by atoms with van der Waals surface area (Å²) in [6.45, 7) is 7.43. The van der Waals surface area contributed by atoms with Crippen molar-refractivity contribution in [3.8, 4) is 0 Å². The third-order valence-electron chi connectivity index (χ3n) is 4.67. The van der Waals surface area contributed by atoms with Crippen LogP contribution in [0.15, 0.2) is 0 Å². The Balaban J connectivity index is 0.000000336. The molecule has 0 atom stereocenters. The molecule has 12 heavy (non-hydrogen) atoms. The van der Waals surface area contributed by atoms with Gasteiger partial charge < -0.3 is 0 Å². The molecule has 2 heteroatoms. The highest BCUT2D eigenvalue weighted by molar-refractivity contribution is 5.05. The van der Waals surface area contributed by atoms with Crippen LogP contribution in [0.3, 0.4) is 0 Å². The van der Waals surface area contributed by atoms with Crippen LogP contribution in [0.5, 0.6) is 0 Å². The molecule has 72 valence electrons. The Bertz CT molecular complexity index is 152. The van der Waals surface area contributed by atoms with E-state index in [0.29, 0.717) is 10.8 Å². The van der Waals surface area contributed by atoms with Gasteiger partial charge in [-0.05, 0) is 42.4 Å². The van der Waals surface area contributed by atoms with Gasteiger partial charge in [-0.3, -0.25) is 10.5 Å². The van der Waals surface area contributed by atoms with Gasteiger partial charge in [-0.2, -0.15) is 0 Å². The smallest absolute Gasteiger partial charge is 0.0272 e. The Morgan fingerprint density at radius 3 is 1.50 bits per heavy atom. The minimum absolute atomic E-state index is 0.660. The molecule has 0 aromatic heterocycles. The normalized spacial score (nSPS) is 42.2. The number of hydrogen-bond donors (Lipinski definition) is 2. The van der Waals surface area contributed by atoms with Gasteiger partial charge in [0.15, 0.2) is 0 Å². The molecule has 2 aliphatic carbocycles. The zero-order valence-corrected chi connectivity index (χ0v) is 8.30. The molecule has 0 aromatic carbocycles. The fourth-order valence-electron chi connectivity index (χ4n) is 3.11. The first-order valence-corrected chi connectivity index (χ1v) is 4.76. The summed E-state index contributed by atoms with van der Waals surface area (Å²) >= 11 is 0. The maximum Gasteiger partial charge on any atom is -0.0272 e. The fraction of sp³-hybridized carbons (Fsp3) is 1.00. The van der Waals surface area contributed by atoms with E-state index in [1.807, 2.05) is 0 Å². The summed E-state index contributed by atoms with van der Waals surface area (Å²) in [6, 6.07) is 0. The van der Waals surface area contributed by atoms with E-state index < -0.39 is 0 Å². The van der Waals surface area contributed by atoms with Crippen LogP contribution in [0.25, 0.3) is 0 Å². The van der Waals surface area contributed by atoms with Crippen LogP contribution in [0, 0.1) is 16.7 Å². The summed E-state index contributed by atoms with van der Waals surface area (Å²) in [6.07, 6.45) is 5.99. The lowest BCUT2D eigenvalue weighted by Crippen LogP contribution is -2.26. The number of fused-ring (bicyclic) bond motifs is 2. The first kappa shape index (κ1) is 10.0. The molecule has 2 saturated carbocycles. The van der Waals surface area contributed by atoms with Crippen molar-refractivity contribution in [2.75, 3.05) is 0 Å². The molecule has 0 radical (unpaired) electrons. The van der Waals surface area contributed by atoms with E-state index in [4.69, 9.17) is 10.5 Å². The van der Waals surface area contributed by atoms with Crippen molar-refractivity contribution in [1.82, 2.24) is 0 Å². The van der Waals surface area contributed by atoms with Crippen LogP contribution in [0.2, 0.25) is 0 Å². The zero-order valence-electron chi connectivity index (χ0n) is 8.30. The predicted octanol–water partition coefficient (Wildman–Crippen LogP) is 3.24. The predicted molar refractivity (Wildman–Crippen MR) is 49.1 cm³/mol. The van der Waals surface area contributed by atoms with Gasteiger partial charge in [0.1, 0.15) is 0 Å². The van der Waals surface area contributed by atoms with Gasteiger partial charge >= 0.3 is 0 Å². The van der Waals surface area contributed by atoms with E-state index in [0.717, 1.165) is 5.92 Å². The maximum absolute atomic E-state index is 6.00. The summed E-state index contributed by atoms with van der Waals surface area (Å²) in [5.74, 6) is 1.05. The first-order valence-electron chi connectivity index (χ1n) is 4.76. The van der Waals surface area contributed by atoms with Gasteiger partial charge in [0.2, 0.25) is 0 Å². The van der Waals surface area contributed by atoms with Gasteiger partial charge in [0, 0.05) is 0 Å². The molecule has 0 saturated heterocycles. The number of hydrogen-bond acceptors (Lipinski definition) is 2. The second kappa shape index (κ2) is 3.00. The molecule has 0 amide bonds. The van der Waals surface area contributed by atoms with Crippen LogP contribution >= 0.6 is 0 Å². The Labute approximate surface area is 74.5 Å². The third-order valence-corrected chi connectivity index (χ3v) is 4.67. The maximum atomic E-state index is 6.00.